The minimum Gasteiger partial charge on any atom is -0.370 e. The fourth-order valence-corrected chi connectivity index (χ4v) is 4.38. The van der Waals surface area contributed by atoms with E-state index >= 15 is 0 Å². The lowest BCUT2D eigenvalue weighted by Gasteiger charge is -2.35. The van der Waals surface area contributed by atoms with Crippen LogP contribution in [0.3, 0.4) is 0 Å². The standard InChI is InChI=1S/C22H30N4O3S.HI/c1-17-7-5-6-8-20(17)21-16-26(13-14-29-21)22(23-2)24-15-18-9-11-19(12-10-18)30(27,28)25(3)4;/h5-12,21H,13-16H2,1-4H3,(H,23,24);1H. The Morgan fingerprint density at radius 3 is 2.48 bits per heavy atom. The van der Waals surface area contributed by atoms with Gasteiger partial charge in [0.15, 0.2) is 5.96 Å². The van der Waals surface area contributed by atoms with Crippen LogP contribution in [-0.4, -0.2) is 64.4 Å². The van der Waals surface area contributed by atoms with Gasteiger partial charge in [-0.3, -0.25) is 4.99 Å². The van der Waals surface area contributed by atoms with Gasteiger partial charge in [-0.2, -0.15) is 0 Å². The van der Waals surface area contributed by atoms with E-state index in [1.165, 1.54) is 29.5 Å². The van der Waals surface area contributed by atoms with Crippen molar-refractivity contribution < 1.29 is 13.2 Å². The smallest absolute Gasteiger partial charge is 0.242 e. The van der Waals surface area contributed by atoms with Crippen molar-refractivity contribution in [2.24, 2.45) is 4.99 Å². The molecule has 9 heteroatoms. The Labute approximate surface area is 202 Å². The summed E-state index contributed by atoms with van der Waals surface area (Å²) in [5.74, 6) is 0.807. The Morgan fingerprint density at radius 1 is 1.19 bits per heavy atom. The third-order valence-corrected chi connectivity index (χ3v) is 7.10. The van der Waals surface area contributed by atoms with Crippen molar-refractivity contribution >= 4 is 40.0 Å². The monoisotopic (exact) mass is 558 g/mol. The second-order valence-electron chi connectivity index (χ2n) is 7.49. The molecule has 7 nitrogen and oxygen atoms in total. The molecule has 2 aromatic rings. The number of rotatable bonds is 5. The molecular formula is C22H31IN4O3S. The average molecular weight is 558 g/mol. The summed E-state index contributed by atoms with van der Waals surface area (Å²) in [6.07, 6.45) is 0.00836. The van der Waals surface area contributed by atoms with Crippen LogP contribution in [0.25, 0.3) is 0 Å². The van der Waals surface area contributed by atoms with Gasteiger partial charge in [-0.05, 0) is 35.7 Å². The molecule has 0 saturated carbocycles. The summed E-state index contributed by atoms with van der Waals surface area (Å²) < 4.78 is 31.6. The summed E-state index contributed by atoms with van der Waals surface area (Å²) >= 11 is 0. The lowest BCUT2D eigenvalue weighted by molar-refractivity contribution is -0.00833. The highest BCUT2D eigenvalue weighted by atomic mass is 127. The normalized spacial score (nSPS) is 17.4. The second-order valence-corrected chi connectivity index (χ2v) is 9.65. The zero-order valence-corrected chi connectivity index (χ0v) is 21.6. The van der Waals surface area contributed by atoms with Crippen molar-refractivity contribution in [2.75, 3.05) is 40.8 Å². The number of morpholine rings is 1. The maximum atomic E-state index is 12.2. The van der Waals surface area contributed by atoms with Crippen molar-refractivity contribution in [1.82, 2.24) is 14.5 Å². The van der Waals surface area contributed by atoms with Crippen LogP contribution in [0.2, 0.25) is 0 Å². The van der Waals surface area contributed by atoms with Crippen molar-refractivity contribution in [3.8, 4) is 0 Å². The number of aryl methyl sites for hydroxylation is 1. The summed E-state index contributed by atoms with van der Waals surface area (Å²) in [5.41, 5.74) is 3.41. The van der Waals surface area contributed by atoms with E-state index in [2.05, 4.69) is 34.3 Å². The number of ether oxygens (including phenoxy) is 1. The van der Waals surface area contributed by atoms with Gasteiger partial charge in [0.2, 0.25) is 10.0 Å². The molecule has 1 unspecified atom stereocenters. The van der Waals surface area contributed by atoms with Crippen LogP contribution in [0.5, 0.6) is 0 Å². The Balaban J connectivity index is 0.00000341. The molecule has 1 aliphatic rings. The second kappa shape index (κ2) is 11.3. The summed E-state index contributed by atoms with van der Waals surface area (Å²) in [6.45, 7) is 4.79. The summed E-state index contributed by atoms with van der Waals surface area (Å²) in [6, 6.07) is 15.2. The highest BCUT2D eigenvalue weighted by Gasteiger charge is 2.25. The summed E-state index contributed by atoms with van der Waals surface area (Å²) in [7, 11) is 1.41. The molecule has 170 valence electrons. The molecule has 3 rings (SSSR count). The van der Waals surface area contributed by atoms with Crippen LogP contribution in [-0.2, 0) is 21.3 Å². The third-order valence-electron chi connectivity index (χ3n) is 5.27. The zero-order valence-electron chi connectivity index (χ0n) is 18.4. The molecule has 0 bridgehead atoms. The predicted octanol–water partition coefficient (Wildman–Crippen LogP) is 3.01. The van der Waals surface area contributed by atoms with E-state index in [-0.39, 0.29) is 35.0 Å². The van der Waals surface area contributed by atoms with Gasteiger partial charge < -0.3 is 15.0 Å². The van der Waals surface area contributed by atoms with Crippen LogP contribution >= 0.6 is 24.0 Å². The van der Waals surface area contributed by atoms with E-state index in [1.807, 2.05) is 24.3 Å². The van der Waals surface area contributed by atoms with Crippen LogP contribution in [0.1, 0.15) is 22.8 Å². The van der Waals surface area contributed by atoms with Gasteiger partial charge in [0.1, 0.15) is 6.10 Å². The summed E-state index contributed by atoms with van der Waals surface area (Å²) in [4.78, 5) is 6.92. The van der Waals surface area contributed by atoms with Gasteiger partial charge in [0, 0.05) is 34.2 Å². The number of guanidine groups is 1. The molecule has 1 N–H and O–H groups in total. The topological polar surface area (TPSA) is 74.2 Å². The molecule has 31 heavy (non-hydrogen) atoms. The Hall–Kier alpha value is -1.69. The van der Waals surface area contributed by atoms with E-state index in [4.69, 9.17) is 4.74 Å². The molecular weight excluding hydrogens is 527 g/mol. The number of nitrogens with zero attached hydrogens (tertiary/aromatic N) is 3. The molecule has 1 atom stereocenters. The third kappa shape index (κ3) is 6.18. The van der Waals surface area contributed by atoms with Crippen LogP contribution in [0.15, 0.2) is 58.4 Å². The molecule has 1 aliphatic heterocycles. The number of nitrogens with one attached hydrogen (secondary N) is 1. The number of hydrogen-bond donors (Lipinski definition) is 1. The molecule has 1 saturated heterocycles. The van der Waals surface area contributed by atoms with Crippen molar-refractivity contribution in [3.63, 3.8) is 0 Å². The molecule has 1 fully saturated rings. The molecule has 0 amide bonds. The number of sulfonamides is 1. The van der Waals surface area contributed by atoms with Crippen molar-refractivity contribution in [2.45, 2.75) is 24.5 Å². The van der Waals surface area contributed by atoms with Gasteiger partial charge >= 0.3 is 0 Å². The minimum absolute atomic E-state index is 0. The van der Waals surface area contributed by atoms with E-state index in [0.717, 1.165) is 24.6 Å². The lowest BCUT2D eigenvalue weighted by Crippen LogP contribution is -2.48. The van der Waals surface area contributed by atoms with E-state index < -0.39 is 10.0 Å². The highest BCUT2D eigenvalue weighted by molar-refractivity contribution is 14.0. The summed E-state index contributed by atoms with van der Waals surface area (Å²) in [5, 5.41) is 3.38. The first-order valence-electron chi connectivity index (χ1n) is 9.97. The number of aliphatic imine (C=N–C) groups is 1. The van der Waals surface area contributed by atoms with Gasteiger partial charge in [-0.15, -0.1) is 24.0 Å². The fourth-order valence-electron chi connectivity index (χ4n) is 3.48. The fraction of sp³-hybridized carbons (Fsp3) is 0.409. The largest absolute Gasteiger partial charge is 0.370 e. The first kappa shape index (κ1) is 25.6. The Bertz CT molecular complexity index is 994. The van der Waals surface area contributed by atoms with E-state index in [0.29, 0.717) is 13.2 Å². The Morgan fingerprint density at radius 2 is 1.87 bits per heavy atom. The lowest BCUT2D eigenvalue weighted by atomic mass is 10.0. The highest BCUT2D eigenvalue weighted by Crippen LogP contribution is 2.25. The van der Waals surface area contributed by atoms with Gasteiger partial charge in [0.25, 0.3) is 0 Å². The number of benzene rings is 2. The number of halogens is 1. The molecule has 0 radical (unpaired) electrons. The van der Waals surface area contributed by atoms with E-state index in [9.17, 15) is 8.42 Å². The average Bonchev–Trinajstić information content (AvgIpc) is 2.75. The first-order valence-corrected chi connectivity index (χ1v) is 11.4. The van der Waals surface area contributed by atoms with Gasteiger partial charge in [-0.25, -0.2) is 12.7 Å². The molecule has 2 aromatic carbocycles. The Kier molecular flexibility index (Phi) is 9.28. The van der Waals surface area contributed by atoms with Crippen molar-refractivity contribution in [3.05, 3.63) is 65.2 Å². The van der Waals surface area contributed by atoms with Crippen LogP contribution in [0, 0.1) is 6.92 Å². The quantitative estimate of drug-likeness (QED) is 0.347. The molecule has 0 aromatic heterocycles. The van der Waals surface area contributed by atoms with Crippen molar-refractivity contribution in [1.29, 1.82) is 0 Å². The molecule has 0 spiro atoms. The first-order chi connectivity index (χ1) is 14.3. The zero-order chi connectivity index (χ0) is 21.7. The van der Waals surface area contributed by atoms with E-state index in [1.54, 1.807) is 19.2 Å². The number of hydrogen-bond acceptors (Lipinski definition) is 4. The maximum Gasteiger partial charge on any atom is 0.242 e. The maximum absolute atomic E-state index is 12.2. The van der Waals surface area contributed by atoms with Crippen LogP contribution < -0.4 is 5.32 Å². The minimum atomic E-state index is -3.42. The van der Waals surface area contributed by atoms with Crippen LogP contribution in [0.4, 0.5) is 0 Å². The SMILES string of the molecule is CN=C(NCc1ccc(S(=O)(=O)N(C)C)cc1)N1CCOC(c2ccccc2C)C1.I. The van der Waals surface area contributed by atoms with Gasteiger partial charge in [0.05, 0.1) is 18.0 Å². The van der Waals surface area contributed by atoms with Gasteiger partial charge in [-0.1, -0.05) is 36.4 Å². The predicted molar refractivity (Wildman–Crippen MR) is 134 cm³/mol. The molecule has 1 heterocycles. The molecule has 0 aliphatic carbocycles.